The van der Waals surface area contributed by atoms with Crippen molar-refractivity contribution in [3.05, 3.63) is 34.9 Å². The quantitative estimate of drug-likeness (QED) is 0.621. The summed E-state index contributed by atoms with van der Waals surface area (Å²) in [6.45, 7) is 0. The highest BCUT2D eigenvalue weighted by Gasteiger charge is 2.22. The molecule has 0 fully saturated rings. The third kappa shape index (κ3) is 5.70. The van der Waals surface area contributed by atoms with Gasteiger partial charge in [0.1, 0.15) is 17.1 Å². The monoisotopic (exact) mass is 350 g/mol. The van der Waals surface area contributed by atoms with E-state index in [1.54, 1.807) is 18.2 Å². The van der Waals surface area contributed by atoms with Crippen molar-refractivity contribution in [3.63, 3.8) is 0 Å². The minimum atomic E-state index is -4.31. The van der Waals surface area contributed by atoms with Crippen LogP contribution in [0.4, 0.5) is 13.2 Å². The third-order valence-electron chi connectivity index (χ3n) is 3.11. The minimum absolute atomic E-state index is 0.247. The average Bonchev–Trinajstić information content (AvgIpc) is 2.65. The fraction of sp³-hybridized carbons (Fsp3) is 0.400. The number of aliphatic hydroxyl groups excluding tert-OH is 1. The normalized spacial score (nSPS) is 13.7. The molecule has 0 heterocycles. The van der Waals surface area contributed by atoms with E-state index < -0.39 is 11.5 Å². The van der Waals surface area contributed by atoms with E-state index in [0.717, 1.165) is 30.4 Å². The van der Waals surface area contributed by atoms with E-state index in [4.69, 9.17) is 9.47 Å². The number of hydrogen-bond donors (Lipinski definition) is 2. The molecule has 0 unspecified atom stereocenters. The minimum Gasteiger partial charge on any atom is -0.508 e. The van der Waals surface area contributed by atoms with Crippen LogP contribution in [0.15, 0.2) is 18.2 Å². The van der Waals surface area contributed by atoms with Crippen molar-refractivity contribution < 1.29 is 32.5 Å². The van der Waals surface area contributed by atoms with Gasteiger partial charge in [-0.05, 0) is 37.5 Å². The molecule has 0 bridgehead atoms. The lowest BCUT2D eigenvalue weighted by Crippen LogP contribution is -2.08. The van der Waals surface area contributed by atoms with E-state index >= 15 is 0 Å². The number of halogens is 3. The lowest BCUT2D eigenvalue weighted by molar-refractivity contribution is -0.0303. The van der Waals surface area contributed by atoms with Crippen molar-refractivity contribution in [1.29, 1.82) is 0 Å². The second-order valence-corrected chi connectivity index (χ2v) is 5.12. The van der Waals surface area contributed by atoms with Crippen molar-refractivity contribution >= 4 is 24.4 Å². The Morgan fingerprint density at radius 1 is 1.30 bits per heavy atom. The highest BCUT2D eigenvalue weighted by molar-refractivity contribution is 7.81. The maximum Gasteiger partial charge on any atom is 0.438 e. The number of fused-ring (bicyclic) bond motifs is 1. The molecule has 0 aliphatic heterocycles. The predicted octanol–water partition coefficient (Wildman–Crippen LogP) is 4.15. The van der Waals surface area contributed by atoms with E-state index in [2.05, 4.69) is 12.6 Å². The summed E-state index contributed by atoms with van der Waals surface area (Å²) in [6.07, 6.45) is 4.29. The zero-order chi connectivity index (χ0) is 17.6. The van der Waals surface area contributed by atoms with Crippen molar-refractivity contribution in [3.8, 4) is 5.75 Å². The van der Waals surface area contributed by atoms with Crippen LogP contribution in [0.1, 0.15) is 34.3 Å². The lowest BCUT2D eigenvalue weighted by Gasteiger charge is -2.15. The Balaban J connectivity index is 0.000000463. The zero-order valence-corrected chi connectivity index (χ0v) is 13.5. The van der Waals surface area contributed by atoms with Gasteiger partial charge in [-0.2, -0.15) is 13.2 Å². The van der Waals surface area contributed by atoms with Crippen LogP contribution in [0, 0.1) is 0 Å². The summed E-state index contributed by atoms with van der Waals surface area (Å²) in [5, 5.41) is 9.94. The summed E-state index contributed by atoms with van der Waals surface area (Å²) >= 11 is 2.12. The Bertz CT molecular complexity index is 591. The number of aliphatic hydroxyl groups is 1. The van der Waals surface area contributed by atoms with Crippen LogP contribution in [0.25, 0.3) is 5.76 Å². The summed E-state index contributed by atoms with van der Waals surface area (Å²) in [7, 11) is 2.86. The number of alkyl halides is 3. The number of allylic oxidation sites excluding steroid dienone is 1. The molecule has 0 saturated heterocycles. The third-order valence-corrected chi connectivity index (χ3v) is 3.11. The maximum absolute atomic E-state index is 11.7. The number of carbonyl (C=O) groups excluding carboxylic acids is 1. The second kappa shape index (κ2) is 8.14. The first kappa shape index (κ1) is 19.2. The number of benzene rings is 1. The van der Waals surface area contributed by atoms with Gasteiger partial charge in [0.25, 0.3) is 0 Å². The summed E-state index contributed by atoms with van der Waals surface area (Å²) < 4.78 is 40.7. The van der Waals surface area contributed by atoms with Gasteiger partial charge in [0.05, 0.1) is 14.2 Å². The van der Waals surface area contributed by atoms with Crippen molar-refractivity contribution in [2.75, 3.05) is 14.2 Å². The van der Waals surface area contributed by atoms with Gasteiger partial charge in [0.2, 0.25) is 0 Å². The number of carbonyl (C=O) groups is 1. The summed E-state index contributed by atoms with van der Waals surface area (Å²) in [5.74, 6) is 0.320. The number of ether oxygens (including phenoxy) is 2. The topological polar surface area (TPSA) is 55.8 Å². The molecule has 0 spiro atoms. The molecule has 0 aromatic heterocycles. The molecule has 4 nitrogen and oxygen atoms in total. The van der Waals surface area contributed by atoms with E-state index in [-0.39, 0.29) is 5.76 Å². The first-order chi connectivity index (χ1) is 10.7. The molecule has 2 rings (SSSR count). The maximum atomic E-state index is 11.7. The molecule has 1 aromatic rings. The van der Waals surface area contributed by atoms with Crippen molar-refractivity contribution in [2.45, 2.75) is 24.8 Å². The van der Waals surface area contributed by atoms with E-state index in [0.29, 0.717) is 11.3 Å². The molecule has 0 amide bonds. The fourth-order valence-corrected chi connectivity index (χ4v) is 2.25. The molecular weight excluding hydrogens is 333 g/mol. The van der Waals surface area contributed by atoms with Crippen LogP contribution in [0.5, 0.6) is 5.75 Å². The van der Waals surface area contributed by atoms with E-state index in [9.17, 15) is 23.1 Å². The molecule has 0 saturated carbocycles. The molecule has 0 atom stereocenters. The molecule has 0 radical (unpaired) electrons. The van der Waals surface area contributed by atoms with Gasteiger partial charge in [0, 0.05) is 11.1 Å². The fourth-order valence-electron chi connectivity index (χ4n) is 2.25. The SMILES string of the molecule is COC(=O)c1ccc2c(c1OC)CCCC=C2O.FC(F)(F)S. The van der Waals surface area contributed by atoms with Crippen LogP contribution in [-0.4, -0.2) is 30.8 Å². The van der Waals surface area contributed by atoms with Crippen LogP contribution in [-0.2, 0) is 11.2 Å². The lowest BCUT2D eigenvalue weighted by atomic mass is 9.98. The Kier molecular flexibility index (Phi) is 6.80. The van der Waals surface area contributed by atoms with Crippen molar-refractivity contribution in [1.82, 2.24) is 0 Å². The number of rotatable bonds is 2. The summed E-state index contributed by atoms with van der Waals surface area (Å²) in [4.78, 5) is 11.7. The zero-order valence-electron chi connectivity index (χ0n) is 12.6. The van der Waals surface area contributed by atoms with Gasteiger partial charge in [-0.3, -0.25) is 0 Å². The predicted molar refractivity (Wildman–Crippen MR) is 82.9 cm³/mol. The number of hydrogen-bond acceptors (Lipinski definition) is 5. The smallest absolute Gasteiger partial charge is 0.438 e. The van der Waals surface area contributed by atoms with Gasteiger partial charge in [-0.15, -0.1) is 0 Å². The Hall–Kier alpha value is -1.83. The number of esters is 1. The first-order valence-corrected chi connectivity index (χ1v) is 7.10. The van der Waals surface area contributed by atoms with Gasteiger partial charge in [-0.1, -0.05) is 12.6 Å². The second-order valence-electron chi connectivity index (χ2n) is 4.61. The first-order valence-electron chi connectivity index (χ1n) is 6.65. The molecule has 128 valence electrons. The Labute approximate surface area is 137 Å². The molecule has 1 aliphatic rings. The van der Waals surface area contributed by atoms with Crippen LogP contribution >= 0.6 is 12.6 Å². The van der Waals surface area contributed by atoms with Crippen molar-refractivity contribution in [2.24, 2.45) is 0 Å². The summed E-state index contributed by atoms with van der Waals surface area (Å²) in [6, 6.07) is 3.36. The molecule has 1 N–H and O–H groups in total. The number of methoxy groups -OCH3 is 2. The Morgan fingerprint density at radius 2 is 1.91 bits per heavy atom. The van der Waals surface area contributed by atoms with Gasteiger partial charge in [0.15, 0.2) is 0 Å². The summed E-state index contributed by atoms with van der Waals surface area (Å²) in [5.41, 5.74) is -2.31. The molecule has 8 heteroatoms. The van der Waals surface area contributed by atoms with E-state index in [1.807, 2.05) is 0 Å². The molecule has 1 aromatic carbocycles. The highest BCUT2D eigenvalue weighted by atomic mass is 32.1. The molecule has 23 heavy (non-hydrogen) atoms. The van der Waals surface area contributed by atoms with Crippen LogP contribution in [0.3, 0.4) is 0 Å². The standard InChI is InChI=1S/C14H16O4.CHF3S/c1-17-13-10-5-3-4-6-12(15)9(10)7-8-11(13)14(16)18-2;2-1(3,4)5/h6-8,15H,3-5H2,1-2H3;5H. The van der Waals surface area contributed by atoms with Gasteiger partial charge in [-0.25, -0.2) is 4.79 Å². The molecule has 1 aliphatic carbocycles. The van der Waals surface area contributed by atoms with Gasteiger partial charge >= 0.3 is 11.5 Å². The Morgan fingerprint density at radius 3 is 2.43 bits per heavy atom. The highest BCUT2D eigenvalue weighted by Crippen LogP contribution is 2.34. The molecular formula is C15H17F3O4S. The largest absolute Gasteiger partial charge is 0.508 e. The van der Waals surface area contributed by atoms with E-state index in [1.165, 1.54) is 14.2 Å². The average molecular weight is 350 g/mol. The number of thiol groups is 1. The van der Waals surface area contributed by atoms with Crippen LogP contribution in [0.2, 0.25) is 0 Å². The van der Waals surface area contributed by atoms with Crippen LogP contribution < -0.4 is 4.74 Å². The van der Waals surface area contributed by atoms with Gasteiger partial charge < -0.3 is 14.6 Å².